The van der Waals surface area contributed by atoms with Gasteiger partial charge in [0.1, 0.15) is 6.10 Å². The van der Waals surface area contributed by atoms with Gasteiger partial charge in [-0.1, -0.05) is 6.07 Å². The van der Waals surface area contributed by atoms with Crippen LogP contribution in [0.1, 0.15) is 28.6 Å². The van der Waals surface area contributed by atoms with Crippen LogP contribution in [-0.4, -0.2) is 15.1 Å². The summed E-state index contributed by atoms with van der Waals surface area (Å²) in [5, 5.41) is 10.1. The molecule has 2 aromatic heterocycles. The van der Waals surface area contributed by atoms with Crippen LogP contribution in [0.15, 0.2) is 36.7 Å². The largest absolute Gasteiger partial charge is 0.416 e. The van der Waals surface area contributed by atoms with Crippen molar-refractivity contribution >= 4 is 0 Å². The number of aryl methyl sites for hydroxylation is 1. The first kappa shape index (κ1) is 13.5. The van der Waals surface area contributed by atoms with Gasteiger partial charge < -0.3 is 5.11 Å². The average Bonchev–Trinajstić information content (AvgIpc) is 2.37. The van der Waals surface area contributed by atoms with Crippen LogP contribution in [0.25, 0.3) is 0 Å². The van der Waals surface area contributed by atoms with E-state index in [0.717, 1.165) is 18.5 Å². The van der Waals surface area contributed by atoms with E-state index in [0.29, 0.717) is 5.69 Å². The number of pyridine rings is 2. The number of aromatic nitrogens is 2. The number of aliphatic hydroxyl groups is 1. The molecule has 0 fully saturated rings. The van der Waals surface area contributed by atoms with E-state index in [-0.39, 0.29) is 11.3 Å². The Kier molecular flexibility index (Phi) is 3.53. The van der Waals surface area contributed by atoms with Crippen molar-refractivity contribution in [1.29, 1.82) is 0 Å². The summed E-state index contributed by atoms with van der Waals surface area (Å²) < 4.78 is 38.5. The number of alkyl halides is 3. The number of nitrogens with zero attached hydrogens (tertiary/aromatic N) is 2. The molecular weight excluding hydrogens is 257 g/mol. The predicted molar refractivity (Wildman–Crippen MR) is 62.3 cm³/mol. The summed E-state index contributed by atoms with van der Waals surface area (Å²) in [6.07, 6.45) is -3.94. The molecule has 6 heteroatoms. The summed E-state index contributed by atoms with van der Waals surface area (Å²) >= 11 is 0. The Balaban J connectivity index is 2.48. The van der Waals surface area contributed by atoms with Gasteiger partial charge in [0.2, 0.25) is 0 Å². The van der Waals surface area contributed by atoms with E-state index in [4.69, 9.17) is 0 Å². The monoisotopic (exact) mass is 268 g/mol. The van der Waals surface area contributed by atoms with E-state index in [1.54, 1.807) is 19.1 Å². The Labute approximate surface area is 107 Å². The molecule has 2 rings (SSSR count). The minimum Gasteiger partial charge on any atom is -0.382 e. The van der Waals surface area contributed by atoms with Crippen molar-refractivity contribution in [3.8, 4) is 0 Å². The first-order chi connectivity index (χ1) is 8.89. The number of hydrogen-bond donors (Lipinski definition) is 1. The van der Waals surface area contributed by atoms with Crippen molar-refractivity contribution in [1.82, 2.24) is 9.97 Å². The maximum absolute atomic E-state index is 12.8. The molecule has 0 aliphatic carbocycles. The fraction of sp³-hybridized carbons (Fsp3) is 0.231. The molecule has 0 aromatic carbocycles. The van der Waals surface area contributed by atoms with Gasteiger partial charge in [-0.05, 0) is 25.1 Å². The maximum Gasteiger partial charge on any atom is 0.416 e. The lowest BCUT2D eigenvalue weighted by Gasteiger charge is -2.16. The van der Waals surface area contributed by atoms with Gasteiger partial charge in [-0.2, -0.15) is 13.2 Å². The molecule has 19 heavy (non-hydrogen) atoms. The van der Waals surface area contributed by atoms with E-state index in [1.165, 1.54) is 6.07 Å². The molecule has 1 N–H and O–H groups in total. The first-order valence-electron chi connectivity index (χ1n) is 5.52. The first-order valence-corrected chi connectivity index (χ1v) is 5.52. The van der Waals surface area contributed by atoms with Crippen LogP contribution in [0.4, 0.5) is 13.2 Å². The summed E-state index contributed by atoms with van der Waals surface area (Å²) in [5.41, 5.74) is -0.418. The van der Waals surface area contributed by atoms with Gasteiger partial charge in [-0.3, -0.25) is 9.97 Å². The second kappa shape index (κ2) is 4.97. The van der Waals surface area contributed by atoms with Crippen LogP contribution >= 0.6 is 0 Å². The third kappa shape index (κ3) is 2.90. The predicted octanol–water partition coefficient (Wildman–Crippen LogP) is 2.89. The van der Waals surface area contributed by atoms with Crippen LogP contribution in [0.3, 0.4) is 0 Å². The highest BCUT2D eigenvalue weighted by Crippen LogP contribution is 2.35. The smallest absolute Gasteiger partial charge is 0.382 e. The van der Waals surface area contributed by atoms with Gasteiger partial charge in [0.15, 0.2) is 0 Å². The molecule has 0 aliphatic rings. The molecule has 100 valence electrons. The third-order valence-corrected chi connectivity index (χ3v) is 2.64. The zero-order valence-corrected chi connectivity index (χ0v) is 10.0. The standard InChI is InChI=1S/C13H11F3N2O/c1-8-3-2-4-11(18-8)12(19)9-7-17-6-5-10(9)13(14,15)16/h2-7,12,19H,1H3. The number of hydrogen-bond acceptors (Lipinski definition) is 3. The maximum atomic E-state index is 12.8. The van der Waals surface area contributed by atoms with Crippen molar-refractivity contribution in [3.05, 3.63) is 59.2 Å². The summed E-state index contributed by atoms with van der Waals surface area (Å²) in [6, 6.07) is 5.65. The molecule has 2 heterocycles. The number of aliphatic hydroxyl groups excluding tert-OH is 1. The van der Waals surface area contributed by atoms with Gasteiger partial charge in [-0.15, -0.1) is 0 Å². The van der Waals surface area contributed by atoms with E-state index < -0.39 is 17.8 Å². The van der Waals surface area contributed by atoms with E-state index in [1.807, 2.05) is 0 Å². The Morgan fingerprint density at radius 2 is 1.95 bits per heavy atom. The second-order valence-corrected chi connectivity index (χ2v) is 4.07. The molecule has 0 radical (unpaired) electrons. The van der Waals surface area contributed by atoms with Crippen molar-refractivity contribution < 1.29 is 18.3 Å². The minimum atomic E-state index is -4.54. The van der Waals surface area contributed by atoms with E-state index in [9.17, 15) is 18.3 Å². The van der Waals surface area contributed by atoms with Crippen molar-refractivity contribution in [2.75, 3.05) is 0 Å². The lowest BCUT2D eigenvalue weighted by Crippen LogP contribution is -2.14. The summed E-state index contributed by atoms with van der Waals surface area (Å²) in [6.45, 7) is 1.70. The van der Waals surface area contributed by atoms with E-state index >= 15 is 0 Å². The van der Waals surface area contributed by atoms with Crippen LogP contribution in [0.2, 0.25) is 0 Å². The van der Waals surface area contributed by atoms with Crippen molar-refractivity contribution in [3.63, 3.8) is 0 Å². The molecule has 0 saturated heterocycles. The fourth-order valence-electron chi connectivity index (χ4n) is 1.76. The summed E-state index contributed by atoms with van der Waals surface area (Å²) in [4.78, 5) is 7.67. The highest BCUT2D eigenvalue weighted by atomic mass is 19.4. The van der Waals surface area contributed by atoms with Gasteiger partial charge >= 0.3 is 6.18 Å². The topological polar surface area (TPSA) is 46.0 Å². The normalized spacial score (nSPS) is 13.3. The third-order valence-electron chi connectivity index (χ3n) is 2.64. The quantitative estimate of drug-likeness (QED) is 0.911. The van der Waals surface area contributed by atoms with Crippen LogP contribution in [-0.2, 0) is 6.18 Å². The molecule has 0 saturated carbocycles. The van der Waals surface area contributed by atoms with Gasteiger partial charge in [0.25, 0.3) is 0 Å². The lowest BCUT2D eigenvalue weighted by molar-refractivity contribution is -0.139. The highest BCUT2D eigenvalue weighted by molar-refractivity contribution is 5.33. The Hall–Kier alpha value is -1.95. The van der Waals surface area contributed by atoms with E-state index in [2.05, 4.69) is 9.97 Å². The molecule has 3 nitrogen and oxygen atoms in total. The molecule has 0 bridgehead atoms. The molecule has 0 spiro atoms. The molecule has 1 unspecified atom stereocenters. The van der Waals surface area contributed by atoms with Gasteiger partial charge in [0, 0.05) is 23.7 Å². The van der Waals surface area contributed by atoms with Crippen molar-refractivity contribution in [2.24, 2.45) is 0 Å². The Morgan fingerprint density at radius 1 is 1.21 bits per heavy atom. The molecule has 1 atom stereocenters. The van der Waals surface area contributed by atoms with Gasteiger partial charge in [-0.25, -0.2) is 0 Å². The zero-order chi connectivity index (χ0) is 14.0. The number of halogens is 3. The lowest BCUT2D eigenvalue weighted by atomic mass is 10.0. The number of rotatable bonds is 2. The highest BCUT2D eigenvalue weighted by Gasteiger charge is 2.35. The van der Waals surface area contributed by atoms with Crippen LogP contribution < -0.4 is 0 Å². The Bertz CT molecular complexity index is 584. The average molecular weight is 268 g/mol. The van der Waals surface area contributed by atoms with Gasteiger partial charge in [0.05, 0.1) is 11.3 Å². The molecule has 0 amide bonds. The zero-order valence-electron chi connectivity index (χ0n) is 10.0. The fourth-order valence-corrected chi connectivity index (χ4v) is 1.76. The summed E-state index contributed by atoms with van der Waals surface area (Å²) in [5.74, 6) is 0. The van der Waals surface area contributed by atoms with Crippen LogP contribution in [0.5, 0.6) is 0 Å². The molecule has 2 aromatic rings. The Morgan fingerprint density at radius 3 is 2.58 bits per heavy atom. The van der Waals surface area contributed by atoms with Crippen LogP contribution in [0, 0.1) is 6.92 Å². The molecule has 0 aliphatic heterocycles. The minimum absolute atomic E-state index is 0.165. The SMILES string of the molecule is Cc1cccc(C(O)c2cnccc2C(F)(F)F)n1. The van der Waals surface area contributed by atoms with Crippen molar-refractivity contribution in [2.45, 2.75) is 19.2 Å². The molecular formula is C13H11F3N2O. The summed E-state index contributed by atoms with van der Waals surface area (Å²) in [7, 11) is 0. The second-order valence-electron chi connectivity index (χ2n) is 4.07.